The Kier molecular flexibility index (Phi) is 5.08. The Labute approximate surface area is 117 Å². The van der Waals surface area contributed by atoms with Gasteiger partial charge >= 0.3 is 0 Å². The van der Waals surface area contributed by atoms with Crippen LogP contribution in [0.2, 0.25) is 0 Å². The third-order valence-electron chi connectivity index (χ3n) is 3.67. The minimum atomic E-state index is 0.740. The van der Waals surface area contributed by atoms with Gasteiger partial charge in [0.25, 0.3) is 0 Å². The van der Waals surface area contributed by atoms with Crippen LogP contribution >= 0.6 is 0 Å². The van der Waals surface area contributed by atoms with Gasteiger partial charge in [-0.15, -0.1) is 0 Å². The van der Waals surface area contributed by atoms with Crippen LogP contribution in [0.3, 0.4) is 0 Å². The zero-order valence-corrected chi connectivity index (χ0v) is 12.5. The second-order valence-electron chi connectivity index (χ2n) is 5.85. The van der Waals surface area contributed by atoms with Gasteiger partial charge in [0.05, 0.1) is 11.4 Å². The summed E-state index contributed by atoms with van der Waals surface area (Å²) in [7, 11) is 2.18. The SMILES string of the molecule is CC(C)CNCCCN1CCN(C)c2ccccc21. The van der Waals surface area contributed by atoms with Crippen LogP contribution < -0.4 is 15.1 Å². The van der Waals surface area contributed by atoms with Gasteiger partial charge in [0, 0.05) is 26.7 Å². The smallest absolute Gasteiger partial charge is 0.0604 e. The van der Waals surface area contributed by atoms with E-state index in [2.05, 4.69) is 60.3 Å². The van der Waals surface area contributed by atoms with E-state index in [1.165, 1.54) is 17.8 Å². The summed E-state index contributed by atoms with van der Waals surface area (Å²) in [6.45, 7) is 10.2. The Balaban J connectivity index is 1.83. The lowest BCUT2D eigenvalue weighted by Gasteiger charge is -2.37. The van der Waals surface area contributed by atoms with Crippen molar-refractivity contribution in [2.24, 2.45) is 5.92 Å². The number of likely N-dealkylation sites (N-methyl/N-ethyl adjacent to an activating group) is 1. The average Bonchev–Trinajstić information content (AvgIpc) is 2.41. The van der Waals surface area contributed by atoms with E-state index in [9.17, 15) is 0 Å². The lowest BCUT2D eigenvalue weighted by molar-refractivity contribution is 0.539. The first kappa shape index (κ1) is 14.2. The Morgan fingerprint density at radius 3 is 2.63 bits per heavy atom. The standard InChI is InChI=1S/C16H27N3/c1-14(2)13-17-9-6-10-19-12-11-18(3)15-7-4-5-8-16(15)19/h4-5,7-8,14,17H,6,9-13H2,1-3H3. The van der Waals surface area contributed by atoms with Gasteiger partial charge in [0.1, 0.15) is 0 Å². The van der Waals surface area contributed by atoms with Crippen LogP contribution in [0.4, 0.5) is 11.4 Å². The minimum Gasteiger partial charge on any atom is -0.371 e. The second-order valence-corrected chi connectivity index (χ2v) is 5.85. The highest BCUT2D eigenvalue weighted by molar-refractivity contribution is 5.72. The molecule has 0 spiro atoms. The summed E-state index contributed by atoms with van der Waals surface area (Å²) in [5.74, 6) is 0.740. The van der Waals surface area contributed by atoms with Crippen molar-refractivity contribution in [2.75, 3.05) is 49.6 Å². The van der Waals surface area contributed by atoms with E-state index >= 15 is 0 Å². The molecule has 1 heterocycles. The molecule has 0 aliphatic carbocycles. The number of hydrogen-bond acceptors (Lipinski definition) is 3. The first-order valence-corrected chi connectivity index (χ1v) is 7.44. The maximum Gasteiger partial charge on any atom is 0.0604 e. The fourth-order valence-electron chi connectivity index (χ4n) is 2.58. The maximum absolute atomic E-state index is 3.52. The molecule has 2 rings (SSSR count). The van der Waals surface area contributed by atoms with Gasteiger partial charge in [-0.3, -0.25) is 0 Å². The minimum absolute atomic E-state index is 0.740. The average molecular weight is 261 g/mol. The molecule has 3 heteroatoms. The first-order chi connectivity index (χ1) is 9.18. The van der Waals surface area contributed by atoms with Crippen molar-refractivity contribution in [1.82, 2.24) is 5.32 Å². The fourth-order valence-corrected chi connectivity index (χ4v) is 2.58. The van der Waals surface area contributed by atoms with Crippen LogP contribution in [0.25, 0.3) is 0 Å². The summed E-state index contributed by atoms with van der Waals surface area (Å²) >= 11 is 0. The molecule has 0 aromatic heterocycles. The lowest BCUT2D eigenvalue weighted by atomic mass is 10.1. The van der Waals surface area contributed by atoms with E-state index in [0.29, 0.717) is 0 Å². The Hall–Kier alpha value is -1.22. The molecule has 1 aliphatic rings. The van der Waals surface area contributed by atoms with Crippen molar-refractivity contribution in [3.63, 3.8) is 0 Å². The number of rotatable bonds is 6. The Morgan fingerprint density at radius 1 is 1.16 bits per heavy atom. The van der Waals surface area contributed by atoms with Crippen molar-refractivity contribution >= 4 is 11.4 Å². The van der Waals surface area contributed by atoms with Crippen LogP contribution in [0.15, 0.2) is 24.3 Å². The zero-order chi connectivity index (χ0) is 13.7. The third-order valence-corrected chi connectivity index (χ3v) is 3.67. The van der Waals surface area contributed by atoms with Crippen molar-refractivity contribution in [3.8, 4) is 0 Å². The summed E-state index contributed by atoms with van der Waals surface area (Å²) < 4.78 is 0. The van der Waals surface area contributed by atoms with Gasteiger partial charge in [-0.05, 0) is 37.6 Å². The van der Waals surface area contributed by atoms with E-state index in [1.807, 2.05) is 0 Å². The van der Waals surface area contributed by atoms with Crippen molar-refractivity contribution in [3.05, 3.63) is 24.3 Å². The Bertz CT molecular complexity index is 389. The topological polar surface area (TPSA) is 18.5 Å². The van der Waals surface area contributed by atoms with Gasteiger partial charge < -0.3 is 15.1 Å². The van der Waals surface area contributed by atoms with E-state index in [0.717, 1.165) is 38.6 Å². The number of fused-ring (bicyclic) bond motifs is 1. The van der Waals surface area contributed by atoms with Gasteiger partial charge in [0.2, 0.25) is 0 Å². The van der Waals surface area contributed by atoms with Gasteiger partial charge in [0.15, 0.2) is 0 Å². The molecular weight excluding hydrogens is 234 g/mol. The zero-order valence-electron chi connectivity index (χ0n) is 12.5. The van der Waals surface area contributed by atoms with E-state index in [-0.39, 0.29) is 0 Å². The van der Waals surface area contributed by atoms with Crippen LogP contribution in [-0.2, 0) is 0 Å². The van der Waals surface area contributed by atoms with Crippen LogP contribution in [0, 0.1) is 5.92 Å². The molecule has 0 bridgehead atoms. The lowest BCUT2D eigenvalue weighted by Crippen LogP contribution is -2.40. The number of anilines is 2. The summed E-state index contributed by atoms with van der Waals surface area (Å²) in [6, 6.07) is 8.73. The monoisotopic (exact) mass is 261 g/mol. The van der Waals surface area contributed by atoms with E-state index in [4.69, 9.17) is 0 Å². The Morgan fingerprint density at radius 2 is 1.89 bits per heavy atom. The van der Waals surface area contributed by atoms with Crippen molar-refractivity contribution in [2.45, 2.75) is 20.3 Å². The van der Waals surface area contributed by atoms with Crippen LogP contribution in [0.1, 0.15) is 20.3 Å². The third kappa shape index (κ3) is 3.87. The van der Waals surface area contributed by atoms with Gasteiger partial charge in [-0.1, -0.05) is 26.0 Å². The van der Waals surface area contributed by atoms with E-state index in [1.54, 1.807) is 0 Å². The molecule has 0 saturated heterocycles. The molecule has 1 aliphatic heterocycles. The number of para-hydroxylation sites is 2. The highest BCUT2D eigenvalue weighted by Crippen LogP contribution is 2.31. The maximum atomic E-state index is 3.52. The quantitative estimate of drug-likeness (QED) is 0.794. The number of nitrogens with zero attached hydrogens (tertiary/aromatic N) is 2. The normalized spacial score (nSPS) is 14.9. The molecule has 1 N–H and O–H groups in total. The molecule has 19 heavy (non-hydrogen) atoms. The molecule has 1 aromatic rings. The largest absolute Gasteiger partial charge is 0.371 e. The molecule has 0 amide bonds. The molecule has 1 aromatic carbocycles. The molecule has 0 atom stereocenters. The molecular formula is C16H27N3. The predicted molar refractivity (Wildman–Crippen MR) is 84.2 cm³/mol. The summed E-state index contributed by atoms with van der Waals surface area (Å²) in [5.41, 5.74) is 2.75. The molecule has 3 nitrogen and oxygen atoms in total. The highest BCUT2D eigenvalue weighted by atomic mass is 15.2. The summed E-state index contributed by atoms with van der Waals surface area (Å²) in [5, 5.41) is 3.52. The van der Waals surface area contributed by atoms with Gasteiger partial charge in [-0.2, -0.15) is 0 Å². The highest BCUT2D eigenvalue weighted by Gasteiger charge is 2.18. The van der Waals surface area contributed by atoms with Crippen molar-refractivity contribution in [1.29, 1.82) is 0 Å². The molecule has 0 fully saturated rings. The molecule has 0 radical (unpaired) electrons. The van der Waals surface area contributed by atoms with Gasteiger partial charge in [-0.25, -0.2) is 0 Å². The van der Waals surface area contributed by atoms with Crippen LogP contribution in [-0.4, -0.2) is 39.8 Å². The number of hydrogen-bond donors (Lipinski definition) is 1. The number of nitrogens with one attached hydrogen (secondary N) is 1. The second kappa shape index (κ2) is 6.80. The summed E-state index contributed by atoms with van der Waals surface area (Å²) in [4.78, 5) is 4.87. The predicted octanol–water partition coefficient (Wildman–Crippen LogP) is 2.58. The van der Waals surface area contributed by atoms with E-state index < -0.39 is 0 Å². The molecule has 0 unspecified atom stereocenters. The fraction of sp³-hybridized carbons (Fsp3) is 0.625. The molecule has 0 saturated carbocycles. The molecule has 106 valence electrons. The van der Waals surface area contributed by atoms with Crippen LogP contribution in [0.5, 0.6) is 0 Å². The summed E-state index contributed by atoms with van der Waals surface area (Å²) in [6.07, 6.45) is 1.21. The number of benzene rings is 1. The van der Waals surface area contributed by atoms with Crippen molar-refractivity contribution < 1.29 is 0 Å². The first-order valence-electron chi connectivity index (χ1n) is 7.44.